The summed E-state index contributed by atoms with van der Waals surface area (Å²) in [6.45, 7) is 7.33. The number of nitrogen functional groups attached to an aromatic ring is 1. The molecule has 0 spiro atoms. The second kappa shape index (κ2) is 6.17. The van der Waals surface area contributed by atoms with Gasteiger partial charge in [0.25, 0.3) is 0 Å². The standard InChI is InChI=1S/C16H29N3O/c1-5-10-19-14(17)13(11-16(2,3)20-4)18-15(19)12-8-6-7-9-12/h12H,5-11,17H2,1-4H3. The van der Waals surface area contributed by atoms with Gasteiger partial charge in [-0.25, -0.2) is 4.98 Å². The first-order valence-electron chi connectivity index (χ1n) is 7.88. The van der Waals surface area contributed by atoms with Crippen molar-refractivity contribution >= 4 is 5.82 Å². The van der Waals surface area contributed by atoms with Crippen molar-refractivity contribution < 1.29 is 4.74 Å². The summed E-state index contributed by atoms with van der Waals surface area (Å²) in [5.41, 5.74) is 7.16. The minimum atomic E-state index is -0.216. The molecule has 1 heterocycles. The van der Waals surface area contributed by atoms with Crippen LogP contribution in [0, 0.1) is 0 Å². The van der Waals surface area contributed by atoms with Crippen LogP contribution in [0.3, 0.4) is 0 Å². The van der Waals surface area contributed by atoms with Gasteiger partial charge in [-0.05, 0) is 33.1 Å². The maximum Gasteiger partial charge on any atom is 0.126 e. The van der Waals surface area contributed by atoms with Gasteiger partial charge in [0.15, 0.2) is 0 Å². The summed E-state index contributed by atoms with van der Waals surface area (Å²) < 4.78 is 7.77. The average molecular weight is 279 g/mol. The Morgan fingerprint density at radius 1 is 1.35 bits per heavy atom. The summed E-state index contributed by atoms with van der Waals surface area (Å²) in [5.74, 6) is 2.66. The van der Waals surface area contributed by atoms with Crippen molar-refractivity contribution in [3.05, 3.63) is 11.5 Å². The van der Waals surface area contributed by atoms with Crippen molar-refractivity contribution in [3.63, 3.8) is 0 Å². The highest BCUT2D eigenvalue weighted by molar-refractivity contribution is 5.40. The van der Waals surface area contributed by atoms with Gasteiger partial charge >= 0.3 is 0 Å². The van der Waals surface area contributed by atoms with Crippen LogP contribution in [0.1, 0.15) is 70.3 Å². The maximum atomic E-state index is 6.36. The Bertz CT molecular complexity index is 445. The van der Waals surface area contributed by atoms with Crippen LogP contribution in [0.15, 0.2) is 0 Å². The van der Waals surface area contributed by atoms with E-state index in [4.69, 9.17) is 15.5 Å². The van der Waals surface area contributed by atoms with Gasteiger partial charge in [0.05, 0.1) is 11.3 Å². The molecule has 0 aromatic carbocycles. The zero-order chi connectivity index (χ0) is 14.8. The Labute approximate surface area is 122 Å². The molecule has 0 bridgehead atoms. The van der Waals surface area contributed by atoms with Gasteiger partial charge in [0.1, 0.15) is 11.6 Å². The van der Waals surface area contributed by atoms with Crippen LogP contribution in [0.4, 0.5) is 5.82 Å². The van der Waals surface area contributed by atoms with Gasteiger partial charge in [0.2, 0.25) is 0 Å². The number of nitrogens with two attached hydrogens (primary N) is 1. The number of nitrogens with zero attached hydrogens (tertiary/aromatic N) is 2. The third kappa shape index (κ3) is 3.17. The molecule has 1 aromatic rings. The largest absolute Gasteiger partial charge is 0.384 e. The lowest BCUT2D eigenvalue weighted by Crippen LogP contribution is -2.26. The van der Waals surface area contributed by atoms with Crippen LogP contribution in [0.5, 0.6) is 0 Å². The zero-order valence-corrected chi connectivity index (χ0v) is 13.4. The van der Waals surface area contributed by atoms with Crippen molar-refractivity contribution in [2.24, 2.45) is 0 Å². The summed E-state index contributed by atoms with van der Waals surface area (Å²) in [6, 6.07) is 0. The number of anilines is 1. The molecule has 1 fully saturated rings. The quantitative estimate of drug-likeness (QED) is 0.867. The lowest BCUT2D eigenvalue weighted by Gasteiger charge is -2.21. The molecule has 4 nitrogen and oxygen atoms in total. The fourth-order valence-electron chi connectivity index (χ4n) is 3.09. The molecule has 4 heteroatoms. The molecule has 1 aromatic heterocycles. The molecule has 0 radical (unpaired) electrons. The molecule has 0 amide bonds. The number of hydrogen-bond donors (Lipinski definition) is 1. The normalized spacial score (nSPS) is 17.0. The van der Waals surface area contributed by atoms with Crippen molar-refractivity contribution in [2.45, 2.75) is 77.4 Å². The third-order valence-electron chi connectivity index (χ3n) is 4.43. The van der Waals surface area contributed by atoms with Crippen LogP contribution < -0.4 is 5.73 Å². The summed E-state index contributed by atoms with van der Waals surface area (Å²) in [5, 5.41) is 0. The van der Waals surface area contributed by atoms with E-state index in [-0.39, 0.29) is 5.60 Å². The molecule has 20 heavy (non-hydrogen) atoms. The lowest BCUT2D eigenvalue weighted by molar-refractivity contribution is 0.0226. The molecule has 0 aliphatic heterocycles. The van der Waals surface area contributed by atoms with E-state index in [9.17, 15) is 0 Å². The number of aromatic nitrogens is 2. The first-order valence-corrected chi connectivity index (χ1v) is 7.88. The summed E-state index contributed by atoms with van der Waals surface area (Å²) in [7, 11) is 1.75. The molecule has 2 rings (SSSR count). The van der Waals surface area contributed by atoms with E-state index in [2.05, 4.69) is 25.3 Å². The lowest BCUT2D eigenvalue weighted by atomic mass is 10.0. The average Bonchev–Trinajstić information content (AvgIpc) is 3.02. The first kappa shape index (κ1) is 15.4. The van der Waals surface area contributed by atoms with Gasteiger partial charge in [-0.2, -0.15) is 0 Å². The van der Waals surface area contributed by atoms with Gasteiger partial charge in [-0.3, -0.25) is 0 Å². The minimum absolute atomic E-state index is 0.216. The predicted octanol–water partition coefficient (Wildman–Crippen LogP) is 3.50. The third-order valence-corrected chi connectivity index (χ3v) is 4.43. The second-order valence-corrected chi connectivity index (χ2v) is 6.58. The highest BCUT2D eigenvalue weighted by Gasteiger charge is 2.27. The Kier molecular flexibility index (Phi) is 4.74. The molecule has 0 unspecified atom stereocenters. The molecular weight excluding hydrogens is 250 g/mol. The van der Waals surface area contributed by atoms with Crippen molar-refractivity contribution in [1.29, 1.82) is 0 Å². The first-order chi connectivity index (χ1) is 9.48. The highest BCUT2D eigenvalue weighted by atomic mass is 16.5. The molecule has 1 aliphatic rings. The topological polar surface area (TPSA) is 53.1 Å². The highest BCUT2D eigenvalue weighted by Crippen LogP contribution is 2.36. The fourth-order valence-corrected chi connectivity index (χ4v) is 3.09. The second-order valence-electron chi connectivity index (χ2n) is 6.58. The fraction of sp³-hybridized carbons (Fsp3) is 0.812. The van der Waals surface area contributed by atoms with Crippen LogP contribution >= 0.6 is 0 Å². The number of methoxy groups -OCH3 is 1. The van der Waals surface area contributed by atoms with Crippen LogP contribution in [-0.2, 0) is 17.7 Å². The zero-order valence-electron chi connectivity index (χ0n) is 13.4. The van der Waals surface area contributed by atoms with E-state index in [0.29, 0.717) is 5.92 Å². The Hall–Kier alpha value is -1.03. The Balaban J connectivity index is 2.31. The number of rotatable bonds is 6. The molecule has 2 N–H and O–H groups in total. The monoisotopic (exact) mass is 279 g/mol. The minimum Gasteiger partial charge on any atom is -0.384 e. The molecular formula is C16H29N3O. The smallest absolute Gasteiger partial charge is 0.126 e. The summed E-state index contributed by atoms with van der Waals surface area (Å²) >= 11 is 0. The maximum absolute atomic E-state index is 6.36. The number of ether oxygens (including phenoxy) is 1. The molecule has 0 atom stereocenters. The van der Waals surface area contributed by atoms with Gasteiger partial charge in [-0.1, -0.05) is 19.8 Å². The Morgan fingerprint density at radius 2 is 2.00 bits per heavy atom. The van der Waals surface area contributed by atoms with E-state index < -0.39 is 0 Å². The number of hydrogen-bond acceptors (Lipinski definition) is 3. The summed E-state index contributed by atoms with van der Waals surface area (Å²) in [4.78, 5) is 4.90. The van der Waals surface area contributed by atoms with E-state index >= 15 is 0 Å². The van der Waals surface area contributed by atoms with Gasteiger partial charge in [0, 0.05) is 26.0 Å². The molecule has 1 saturated carbocycles. The van der Waals surface area contributed by atoms with E-state index in [1.54, 1.807) is 7.11 Å². The van der Waals surface area contributed by atoms with E-state index in [1.807, 2.05) is 0 Å². The SMILES string of the molecule is CCCn1c(C2CCCC2)nc(CC(C)(C)OC)c1N. The van der Waals surface area contributed by atoms with Gasteiger partial charge < -0.3 is 15.0 Å². The van der Waals surface area contributed by atoms with Crippen LogP contribution in [0.2, 0.25) is 0 Å². The summed E-state index contributed by atoms with van der Waals surface area (Å²) in [6.07, 6.45) is 7.02. The number of imidazole rings is 1. The van der Waals surface area contributed by atoms with Crippen LogP contribution in [0.25, 0.3) is 0 Å². The van der Waals surface area contributed by atoms with Crippen molar-refractivity contribution in [2.75, 3.05) is 12.8 Å². The predicted molar refractivity (Wildman–Crippen MR) is 82.9 cm³/mol. The Morgan fingerprint density at radius 3 is 2.55 bits per heavy atom. The van der Waals surface area contributed by atoms with Crippen molar-refractivity contribution in [1.82, 2.24) is 9.55 Å². The molecule has 1 aliphatic carbocycles. The van der Waals surface area contributed by atoms with E-state index in [1.165, 1.54) is 31.5 Å². The van der Waals surface area contributed by atoms with Crippen LogP contribution in [-0.4, -0.2) is 22.3 Å². The van der Waals surface area contributed by atoms with E-state index in [0.717, 1.165) is 30.9 Å². The van der Waals surface area contributed by atoms with Crippen molar-refractivity contribution in [3.8, 4) is 0 Å². The molecule has 114 valence electrons. The van der Waals surface area contributed by atoms with Gasteiger partial charge in [-0.15, -0.1) is 0 Å². The molecule has 0 saturated heterocycles.